The van der Waals surface area contributed by atoms with Crippen molar-refractivity contribution in [2.45, 2.75) is 19.8 Å². The van der Waals surface area contributed by atoms with Gasteiger partial charge in [0, 0.05) is 7.11 Å². The van der Waals surface area contributed by atoms with Crippen LogP contribution in [0.2, 0.25) is 0 Å². The summed E-state index contributed by atoms with van der Waals surface area (Å²) >= 11 is 2.20. The molecule has 1 aromatic rings. The lowest BCUT2D eigenvalue weighted by atomic mass is 10.1. The van der Waals surface area contributed by atoms with E-state index in [0.717, 1.165) is 15.1 Å². The molecule has 1 rings (SSSR count). The van der Waals surface area contributed by atoms with Gasteiger partial charge in [-0.15, -0.1) is 0 Å². The van der Waals surface area contributed by atoms with Crippen molar-refractivity contribution in [1.82, 2.24) is 4.98 Å². The minimum absolute atomic E-state index is 0.266. The molecule has 0 amide bonds. The summed E-state index contributed by atoms with van der Waals surface area (Å²) in [4.78, 5) is 4.43. The fraction of sp³-hybridized carbons (Fsp3) is 0.500. The Balaban J connectivity index is 2.90. The summed E-state index contributed by atoms with van der Waals surface area (Å²) in [5, 5.41) is 0. The Morgan fingerprint density at radius 1 is 1.43 bits per heavy atom. The van der Waals surface area contributed by atoms with Gasteiger partial charge in [0.05, 0.1) is 5.69 Å². The summed E-state index contributed by atoms with van der Waals surface area (Å²) in [6.45, 7) is 4.46. The first-order valence-corrected chi connectivity index (χ1v) is 5.51. The molecule has 14 heavy (non-hydrogen) atoms. The molecule has 4 heteroatoms. The van der Waals surface area contributed by atoms with Gasteiger partial charge in [0.2, 0.25) is 0 Å². The average molecular weight is 307 g/mol. The van der Waals surface area contributed by atoms with Crippen LogP contribution in [0.3, 0.4) is 0 Å². The number of ether oxygens (including phenoxy) is 2. The molecule has 3 nitrogen and oxygen atoms in total. The number of pyridine rings is 1. The number of halogens is 1. The molecule has 0 radical (unpaired) electrons. The lowest BCUT2D eigenvalue weighted by molar-refractivity contribution is 0.0499. The Labute approximate surface area is 98.0 Å². The van der Waals surface area contributed by atoms with Gasteiger partial charge in [0.1, 0.15) is 9.45 Å². The van der Waals surface area contributed by atoms with Gasteiger partial charge in [0.15, 0.2) is 6.79 Å². The van der Waals surface area contributed by atoms with Crippen molar-refractivity contribution >= 4 is 22.6 Å². The molecule has 1 heterocycles. The van der Waals surface area contributed by atoms with Crippen molar-refractivity contribution in [2.24, 2.45) is 0 Å². The predicted octanol–water partition coefficient (Wildman–Crippen LogP) is 2.79. The Hall–Kier alpha value is -0.360. The predicted molar refractivity (Wildman–Crippen MR) is 63.5 cm³/mol. The molecule has 1 aromatic heterocycles. The fourth-order valence-electron chi connectivity index (χ4n) is 1.10. The molecule has 0 unspecified atom stereocenters. The maximum Gasteiger partial charge on any atom is 0.188 e. The highest BCUT2D eigenvalue weighted by Crippen LogP contribution is 2.25. The molecule has 0 fully saturated rings. The van der Waals surface area contributed by atoms with Gasteiger partial charge in [-0.25, -0.2) is 4.98 Å². The molecule has 0 bridgehead atoms. The zero-order valence-corrected chi connectivity index (χ0v) is 10.7. The van der Waals surface area contributed by atoms with Crippen LogP contribution in [0.4, 0.5) is 0 Å². The van der Waals surface area contributed by atoms with Gasteiger partial charge in [-0.3, -0.25) is 0 Å². The first kappa shape index (κ1) is 11.7. The molecule has 0 aliphatic heterocycles. The highest BCUT2D eigenvalue weighted by atomic mass is 127. The molecule has 0 saturated heterocycles. The van der Waals surface area contributed by atoms with Crippen LogP contribution in [0.5, 0.6) is 5.75 Å². The van der Waals surface area contributed by atoms with Crippen molar-refractivity contribution in [3.05, 3.63) is 21.5 Å². The van der Waals surface area contributed by atoms with Crippen LogP contribution in [-0.2, 0) is 4.74 Å². The average Bonchev–Trinajstić information content (AvgIpc) is 2.15. The van der Waals surface area contributed by atoms with Gasteiger partial charge in [-0.2, -0.15) is 0 Å². The van der Waals surface area contributed by atoms with Gasteiger partial charge in [-0.05, 0) is 40.6 Å². The summed E-state index contributed by atoms with van der Waals surface area (Å²) < 4.78 is 11.3. The van der Waals surface area contributed by atoms with Crippen molar-refractivity contribution in [1.29, 1.82) is 0 Å². The van der Waals surface area contributed by atoms with Crippen molar-refractivity contribution in [2.75, 3.05) is 13.9 Å². The summed E-state index contributed by atoms with van der Waals surface area (Å²) in [7, 11) is 1.61. The standard InChI is InChI=1S/C10H14INO2/c1-7(2)10-8(14-6-13-3)4-5-9(11)12-10/h4-5,7H,6H2,1-3H3. The van der Waals surface area contributed by atoms with Crippen molar-refractivity contribution in [3.8, 4) is 5.75 Å². The third-order valence-corrected chi connectivity index (χ3v) is 2.33. The van der Waals surface area contributed by atoms with E-state index in [1.165, 1.54) is 0 Å². The highest BCUT2D eigenvalue weighted by molar-refractivity contribution is 14.1. The van der Waals surface area contributed by atoms with Gasteiger partial charge in [0.25, 0.3) is 0 Å². The fourth-order valence-corrected chi connectivity index (χ4v) is 1.54. The molecule has 0 aromatic carbocycles. The summed E-state index contributed by atoms with van der Waals surface area (Å²) in [6, 6.07) is 3.86. The number of rotatable bonds is 4. The van der Waals surface area contributed by atoms with Crippen LogP contribution >= 0.6 is 22.6 Å². The van der Waals surface area contributed by atoms with Gasteiger partial charge in [-0.1, -0.05) is 13.8 Å². The monoisotopic (exact) mass is 307 g/mol. The maximum atomic E-state index is 5.41. The van der Waals surface area contributed by atoms with E-state index in [0.29, 0.717) is 5.92 Å². The van der Waals surface area contributed by atoms with Crippen LogP contribution in [0, 0.1) is 3.70 Å². The van der Waals surface area contributed by atoms with Gasteiger partial charge >= 0.3 is 0 Å². The van der Waals surface area contributed by atoms with E-state index >= 15 is 0 Å². The summed E-state index contributed by atoms with van der Waals surface area (Å²) in [5.74, 6) is 1.17. The highest BCUT2D eigenvalue weighted by Gasteiger charge is 2.09. The largest absolute Gasteiger partial charge is 0.466 e. The van der Waals surface area contributed by atoms with E-state index in [2.05, 4.69) is 41.4 Å². The summed E-state index contributed by atoms with van der Waals surface area (Å²) in [6.07, 6.45) is 0. The Morgan fingerprint density at radius 2 is 2.14 bits per heavy atom. The molecule has 0 aliphatic carbocycles. The smallest absolute Gasteiger partial charge is 0.188 e. The second-order valence-corrected chi connectivity index (χ2v) is 4.33. The van der Waals surface area contributed by atoms with E-state index in [4.69, 9.17) is 9.47 Å². The maximum absolute atomic E-state index is 5.41. The van der Waals surface area contributed by atoms with Crippen LogP contribution in [0.1, 0.15) is 25.5 Å². The minimum Gasteiger partial charge on any atom is -0.466 e. The normalized spacial score (nSPS) is 10.6. The molecule has 78 valence electrons. The number of hydrogen-bond acceptors (Lipinski definition) is 3. The van der Waals surface area contributed by atoms with E-state index in [9.17, 15) is 0 Å². The van der Waals surface area contributed by atoms with E-state index < -0.39 is 0 Å². The zero-order valence-electron chi connectivity index (χ0n) is 8.58. The number of hydrogen-bond donors (Lipinski definition) is 0. The first-order valence-electron chi connectivity index (χ1n) is 4.43. The quantitative estimate of drug-likeness (QED) is 0.487. The Kier molecular flexibility index (Phi) is 4.60. The second-order valence-electron chi connectivity index (χ2n) is 3.22. The molecule has 0 aliphatic rings. The topological polar surface area (TPSA) is 31.4 Å². The third-order valence-electron chi connectivity index (χ3n) is 1.73. The molecular weight excluding hydrogens is 293 g/mol. The number of nitrogens with zero attached hydrogens (tertiary/aromatic N) is 1. The zero-order chi connectivity index (χ0) is 10.6. The van der Waals surface area contributed by atoms with Gasteiger partial charge < -0.3 is 9.47 Å². The number of aromatic nitrogens is 1. The van der Waals surface area contributed by atoms with Crippen molar-refractivity contribution in [3.63, 3.8) is 0 Å². The SMILES string of the molecule is COCOc1ccc(I)nc1C(C)C. The van der Waals surface area contributed by atoms with Crippen LogP contribution < -0.4 is 4.74 Å². The van der Waals surface area contributed by atoms with Crippen molar-refractivity contribution < 1.29 is 9.47 Å². The Bertz CT molecular complexity index is 302. The third kappa shape index (κ3) is 3.09. The van der Waals surface area contributed by atoms with Crippen LogP contribution in [0.25, 0.3) is 0 Å². The lowest BCUT2D eigenvalue weighted by Crippen LogP contribution is -2.05. The minimum atomic E-state index is 0.266. The van der Waals surface area contributed by atoms with E-state index in [-0.39, 0.29) is 6.79 Å². The number of methoxy groups -OCH3 is 1. The summed E-state index contributed by atoms with van der Waals surface area (Å²) in [5.41, 5.74) is 0.981. The second kappa shape index (κ2) is 5.50. The van der Waals surface area contributed by atoms with E-state index in [1.807, 2.05) is 12.1 Å². The molecule has 0 atom stereocenters. The lowest BCUT2D eigenvalue weighted by Gasteiger charge is -2.12. The molecule has 0 N–H and O–H groups in total. The first-order chi connectivity index (χ1) is 6.65. The van der Waals surface area contributed by atoms with E-state index in [1.54, 1.807) is 7.11 Å². The van der Waals surface area contributed by atoms with Crippen LogP contribution in [0.15, 0.2) is 12.1 Å². The molecular formula is C10H14INO2. The molecule has 0 saturated carbocycles. The Morgan fingerprint density at radius 3 is 2.71 bits per heavy atom. The van der Waals surface area contributed by atoms with Crippen LogP contribution in [-0.4, -0.2) is 18.9 Å². The molecule has 0 spiro atoms.